The zero-order valence-electron chi connectivity index (χ0n) is 5.03. The molecule has 0 radical (unpaired) electrons. The van der Waals surface area contributed by atoms with Crippen molar-refractivity contribution in [3.63, 3.8) is 0 Å². The van der Waals surface area contributed by atoms with Crippen molar-refractivity contribution in [1.82, 2.24) is 0 Å². The van der Waals surface area contributed by atoms with E-state index in [1.165, 1.54) is 14.9 Å². The molecule has 2 heteroatoms. The number of nitrogens with zero attached hydrogens (tertiary/aromatic N) is 1. The summed E-state index contributed by atoms with van der Waals surface area (Å²) in [6.45, 7) is 5.09. The molecule has 0 aliphatic carbocycles. The van der Waals surface area contributed by atoms with Gasteiger partial charge in [-0.15, -0.1) is 0 Å². The maximum absolute atomic E-state index is 4.23. The molecular weight excluding hydrogens is 213 g/mol. The standard InChI is InChI=1S/C6H8IN/c1-4-5(2)8-3-6(4)7/h3H2,1-2H3. The van der Waals surface area contributed by atoms with E-state index in [9.17, 15) is 0 Å². The molecule has 0 unspecified atom stereocenters. The Bertz CT molecular complexity index is 162. The maximum Gasteiger partial charge on any atom is 0.0703 e. The van der Waals surface area contributed by atoms with Gasteiger partial charge in [0.15, 0.2) is 0 Å². The van der Waals surface area contributed by atoms with Crippen molar-refractivity contribution in [3.05, 3.63) is 9.15 Å². The lowest BCUT2D eigenvalue weighted by Gasteiger charge is -1.89. The van der Waals surface area contributed by atoms with Crippen molar-refractivity contribution in [2.24, 2.45) is 4.99 Å². The van der Waals surface area contributed by atoms with Crippen LogP contribution in [-0.2, 0) is 0 Å². The third-order valence-electron chi connectivity index (χ3n) is 1.40. The SMILES string of the molecule is CC1=NCC(I)=C1C. The zero-order valence-corrected chi connectivity index (χ0v) is 7.19. The molecule has 0 saturated carbocycles. The van der Waals surface area contributed by atoms with Gasteiger partial charge >= 0.3 is 0 Å². The molecule has 1 aliphatic heterocycles. The summed E-state index contributed by atoms with van der Waals surface area (Å²) in [5.41, 5.74) is 2.57. The number of allylic oxidation sites excluding steroid dienone is 1. The molecule has 1 heterocycles. The molecule has 1 rings (SSSR count). The Morgan fingerprint density at radius 1 is 1.50 bits per heavy atom. The molecule has 1 nitrogen and oxygen atoms in total. The quantitative estimate of drug-likeness (QED) is 0.556. The highest BCUT2D eigenvalue weighted by Crippen LogP contribution is 2.19. The van der Waals surface area contributed by atoms with Crippen molar-refractivity contribution in [3.8, 4) is 0 Å². The number of hydrogen-bond donors (Lipinski definition) is 0. The molecule has 0 spiro atoms. The van der Waals surface area contributed by atoms with E-state index in [4.69, 9.17) is 0 Å². The lowest BCUT2D eigenvalue weighted by atomic mass is 10.2. The number of halogens is 1. The van der Waals surface area contributed by atoms with Crippen LogP contribution in [0.2, 0.25) is 0 Å². The smallest absolute Gasteiger partial charge is 0.0703 e. The molecule has 0 fully saturated rings. The second kappa shape index (κ2) is 2.17. The molecule has 1 aliphatic rings. The van der Waals surface area contributed by atoms with Crippen molar-refractivity contribution in [2.75, 3.05) is 6.54 Å². The van der Waals surface area contributed by atoms with Crippen LogP contribution in [0.4, 0.5) is 0 Å². The summed E-state index contributed by atoms with van der Waals surface area (Å²) in [6.07, 6.45) is 0. The van der Waals surface area contributed by atoms with E-state index in [0.29, 0.717) is 0 Å². The summed E-state index contributed by atoms with van der Waals surface area (Å²) in [6, 6.07) is 0. The highest BCUT2D eigenvalue weighted by atomic mass is 127. The lowest BCUT2D eigenvalue weighted by Crippen LogP contribution is -1.85. The first-order chi connectivity index (χ1) is 3.72. The minimum absolute atomic E-state index is 0.915. The number of rotatable bonds is 0. The molecule has 0 N–H and O–H groups in total. The van der Waals surface area contributed by atoms with Crippen LogP contribution in [0.3, 0.4) is 0 Å². The van der Waals surface area contributed by atoms with Gasteiger partial charge in [-0.2, -0.15) is 0 Å². The topological polar surface area (TPSA) is 12.4 Å². The van der Waals surface area contributed by atoms with E-state index in [1.54, 1.807) is 0 Å². The maximum atomic E-state index is 4.23. The van der Waals surface area contributed by atoms with Crippen LogP contribution in [0, 0.1) is 0 Å². The Hall–Kier alpha value is 0.140. The molecule has 44 valence electrons. The third-order valence-corrected chi connectivity index (χ3v) is 2.55. The predicted molar refractivity (Wildman–Crippen MR) is 44.7 cm³/mol. The third kappa shape index (κ3) is 0.940. The normalized spacial score (nSPS) is 19.6. The van der Waals surface area contributed by atoms with Crippen LogP contribution in [0.5, 0.6) is 0 Å². The summed E-state index contributed by atoms with van der Waals surface area (Å²) < 4.78 is 1.39. The number of aliphatic imine (C=N–C) groups is 1. The van der Waals surface area contributed by atoms with Gasteiger partial charge in [-0.05, 0) is 42.0 Å². The van der Waals surface area contributed by atoms with E-state index in [0.717, 1.165) is 6.54 Å². The molecule has 0 aromatic rings. The van der Waals surface area contributed by atoms with E-state index >= 15 is 0 Å². The fraction of sp³-hybridized carbons (Fsp3) is 0.500. The minimum atomic E-state index is 0.915. The minimum Gasteiger partial charge on any atom is -0.285 e. The summed E-state index contributed by atoms with van der Waals surface area (Å²) in [4.78, 5) is 4.23. The van der Waals surface area contributed by atoms with Gasteiger partial charge in [0.05, 0.1) is 6.54 Å². The lowest BCUT2D eigenvalue weighted by molar-refractivity contribution is 1.27. The van der Waals surface area contributed by atoms with Crippen molar-refractivity contribution >= 4 is 28.3 Å². The van der Waals surface area contributed by atoms with Gasteiger partial charge in [-0.3, -0.25) is 4.99 Å². The van der Waals surface area contributed by atoms with Gasteiger partial charge in [0, 0.05) is 9.29 Å². The summed E-state index contributed by atoms with van der Waals surface area (Å²) >= 11 is 2.34. The fourth-order valence-electron chi connectivity index (χ4n) is 0.621. The Balaban J connectivity index is 2.88. The van der Waals surface area contributed by atoms with Gasteiger partial charge in [0.2, 0.25) is 0 Å². The van der Waals surface area contributed by atoms with E-state index in [-0.39, 0.29) is 0 Å². The predicted octanol–water partition coefficient (Wildman–Crippen LogP) is 2.17. The monoisotopic (exact) mass is 221 g/mol. The molecule has 0 atom stereocenters. The summed E-state index contributed by atoms with van der Waals surface area (Å²) in [7, 11) is 0. The van der Waals surface area contributed by atoms with Crippen molar-refractivity contribution < 1.29 is 0 Å². The van der Waals surface area contributed by atoms with E-state index in [1.807, 2.05) is 0 Å². The van der Waals surface area contributed by atoms with Crippen LogP contribution in [0.15, 0.2) is 14.1 Å². The Morgan fingerprint density at radius 3 is 2.25 bits per heavy atom. The van der Waals surface area contributed by atoms with Crippen molar-refractivity contribution in [1.29, 1.82) is 0 Å². The van der Waals surface area contributed by atoms with Gasteiger partial charge in [-0.25, -0.2) is 0 Å². The van der Waals surface area contributed by atoms with Gasteiger partial charge in [0.1, 0.15) is 0 Å². The Kier molecular flexibility index (Phi) is 1.70. The van der Waals surface area contributed by atoms with Gasteiger partial charge in [-0.1, -0.05) is 0 Å². The number of hydrogen-bond acceptors (Lipinski definition) is 1. The van der Waals surface area contributed by atoms with Crippen LogP contribution < -0.4 is 0 Å². The highest BCUT2D eigenvalue weighted by Gasteiger charge is 2.06. The molecule has 0 saturated heterocycles. The largest absolute Gasteiger partial charge is 0.285 e. The van der Waals surface area contributed by atoms with Crippen LogP contribution in [0.25, 0.3) is 0 Å². The molecule has 0 bridgehead atoms. The zero-order chi connectivity index (χ0) is 6.15. The first-order valence-corrected chi connectivity index (χ1v) is 3.66. The summed E-state index contributed by atoms with van der Waals surface area (Å²) in [5, 5.41) is 0. The first-order valence-electron chi connectivity index (χ1n) is 2.58. The van der Waals surface area contributed by atoms with Crippen LogP contribution in [0.1, 0.15) is 13.8 Å². The van der Waals surface area contributed by atoms with Gasteiger partial charge < -0.3 is 0 Å². The fourth-order valence-corrected chi connectivity index (χ4v) is 1.18. The van der Waals surface area contributed by atoms with Crippen LogP contribution >= 0.6 is 22.6 Å². The molecule has 0 aromatic carbocycles. The summed E-state index contributed by atoms with van der Waals surface area (Å²) in [5.74, 6) is 0. The average molecular weight is 221 g/mol. The first kappa shape index (κ1) is 6.26. The Labute approximate surface area is 63.0 Å². The van der Waals surface area contributed by atoms with E-state index < -0.39 is 0 Å². The molecule has 0 amide bonds. The van der Waals surface area contributed by atoms with E-state index in [2.05, 4.69) is 41.4 Å². The second-order valence-electron chi connectivity index (χ2n) is 1.93. The molecular formula is C6H8IN. The molecule has 8 heavy (non-hydrogen) atoms. The van der Waals surface area contributed by atoms with Crippen LogP contribution in [-0.4, -0.2) is 12.3 Å². The average Bonchev–Trinajstić information content (AvgIpc) is 1.98. The van der Waals surface area contributed by atoms with Crippen molar-refractivity contribution in [2.45, 2.75) is 13.8 Å². The highest BCUT2D eigenvalue weighted by molar-refractivity contribution is 14.1. The second-order valence-corrected chi connectivity index (χ2v) is 3.23. The van der Waals surface area contributed by atoms with Gasteiger partial charge in [0.25, 0.3) is 0 Å². The Morgan fingerprint density at radius 2 is 2.12 bits per heavy atom. The molecule has 0 aromatic heterocycles.